The molecule has 0 radical (unpaired) electrons. The number of hydrogen-bond acceptors (Lipinski definition) is 8. The molecule has 35 heavy (non-hydrogen) atoms. The van der Waals surface area contributed by atoms with Crippen LogP contribution < -0.4 is 27.2 Å². The van der Waals surface area contributed by atoms with Gasteiger partial charge in [0.1, 0.15) is 11.6 Å². The average molecular weight is 498 g/mol. The summed E-state index contributed by atoms with van der Waals surface area (Å²) < 4.78 is 11.7. The van der Waals surface area contributed by atoms with Crippen LogP contribution in [0, 0.1) is 0 Å². The van der Waals surface area contributed by atoms with E-state index in [2.05, 4.69) is 10.3 Å². The summed E-state index contributed by atoms with van der Waals surface area (Å²) in [5, 5.41) is 3.07. The number of furan rings is 2. The number of aromatic amines is 1. The molecular weight excluding hydrogens is 474 g/mol. The lowest BCUT2D eigenvalue weighted by atomic mass is 10.3. The van der Waals surface area contributed by atoms with Gasteiger partial charge in [0.25, 0.3) is 17.4 Å². The van der Waals surface area contributed by atoms with Gasteiger partial charge in [0.2, 0.25) is 0 Å². The summed E-state index contributed by atoms with van der Waals surface area (Å²) in [5.41, 5.74) is 4.66. The van der Waals surface area contributed by atoms with E-state index in [9.17, 15) is 19.2 Å². The number of carbonyl (C=O) groups excluding carboxylic acids is 2. The molecule has 0 aromatic carbocycles. The normalized spacial score (nSPS) is 10.9. The maximum absolute atomic E-state index is 13.6. The molecule has 182 valence electrons. The molecule has 2 amide bonds. The Kier molecular flexibility index (Phi) is 7.01. The van der Waals surface area contributed by atoms with Gasteiger partial charge in [-0.25, -0.2) is 4.79 Å². The molecule has 4 heterocycles. The van der Waals surface area contributed by atoms with Crippen LogP contribution in [0.5, 0.6) is 0 Å². The smallest absolute Gasteiger partial charge is 0.330 e. The number of carbonyl (C=O) groups is 2. The molecule has 0 bridgehead atoms. The highest BCUT2D eigenvalue weighted by Crippen LogP contribution is 2.28. The molecule has 0 unspecified atom stereocenters. The molecule has 0 saturated heterocycles. The molecular formula is C23H23N5O6S. The zero-order valence-electron chi connectivity index (χ0n) is 18.8. The molecule has 4 aromatic rings. The Morgan fingerprint density at radius 3 is 2.60 bits per heavy atom. The number of rotatable bonds is 9. The molecule has 11 nitrogen and oxygen atoms in total. The van der Waals surface area contributed by atoms with Crippen LogP contribution in [0.3, 0.4) is 0 Å². The minimum absolute atomic E-state index is 0.100. The molecule has 0 fully saturated rings. The van der Waals surface area contributed by atoms with Crippen molar-refractivity contribution in [2.45, 2.75) is 32.9 Å². The summed E-state index contributed by atoms with van der Waals surface area (Å²) in [5.74, 6) is -0.601. The van der Waals surface area contributed by atoms with Crippen LogP contribution in [0.25, 0.3) is 0 Å². The van der Waals surface area contributed by atoms with E-state index in [1.807, 2.05) is 6.92 Å². The molecule has 0 spiro atoms. The number of thiophene rings is 1. The predicted octanol–water partition coefficient (Wildman–Crippen LogP) is 3.27. The quantitative estimate of drug-likeness (QED) is 0.320. The van der Waals surface area contributed by atoms with E-state index in [1.165, 1.54) is 34.1 Å². The summed E-state index contributed by atoms with van der Waals surface area (Å²) in [4.78, 5) is 54.7. The topological polar surface area (TPSA) is 157 Å². The number of nitrogens with one attached hydrogen (secondary N) is 2. The number of nitrogens with zero attached hydrogens (tertiary/aromatic N) is 2. The Morgan fingerprint density at radius 1 is 1.14 bits per heavy atom. The van der Waals surface area contributed by atoms with Gasteiger partial charge in [0.05, 0.1) is 28.9 Å². The number of nitrogens with two attached hydrogens (primary N) is 1. The Labute approximate surface area is 202 Å². The van der Waals surface area contributed by atoms with Crippen molar-refractivity contribution >= 4 is 39.7 Å². The minimum atomic E-state index is -0.789. The predicted molar refractivity (Wildman–Crippen MR) is 131 cm³/mol. The zero-order valence-corrected chi connectivity index (χ0v) is 19.6. The SMILES string of the molecule is CCCCn1c(N)c(N(Cc2ccco2)C(=O)c2ccc(NC(=O)c3ccco3)s2)c(=O)[nH]c1=O. The average Bonchev–Trinajstić information content (AvgIpc) is 3.60. The van der Waals surface area contributed by atoms with Crippen LogP contribution >= 0.6 is 11.3 Å². The number of aromatic nitrogens is 2. The van der Waals surface area contributed by atoms with Gasteiger partial charge in [-0.05, 0) is 42.8 Å². The highest BCUT2D eigenvalue weighted by molar-refractivity contribution is 7.18. The second-order valence-electron chi connectivity index (χ2n) is 7.56. The van der Waals surface area contributed by atoms with Gasteiger partial charge in [-0.1, -0.05) is 13.3 Å². The number of amides is 2. The van der Waals surface area contributed by atoms with Crippen molar-refractivity contribution in [3.05, 3.63) is 86.2 Å². The monoisotopic (exact) mass is 497 g/mol. The number of unbranched alkanes of at least 4 members (excludes halogenated alkanes) is 1. The first-order chi connectivity index (χ1) is 16.9. The number of nitrogen functional groups attached to an aromatic ring is 1. The highest BCUT2D eigenvalue weighted by Gasteiger charge is 2.27. The summed E-state index contributed by atoms with van der Waals surface area (Å²) in [6.45, 7) is 2.15. The van der Waals surface area contributed by atoms with Crippen molar-refractivity contribution < 1.29 is 18.4 Å². The van der Waals surface area contributed by atoms with Crippen molar-refractivity contribution in [3.8, 4) is 0 Å². The van der Waals surface area contributed by atoms with Gasteiger partial charge in [0.15, 0.2) is 11.4 Å². The molecule has 0 aliphatic heterocycles. The zero-order chi connectivity index (χ0) is 24.9. The fraction of sp³-hybridized carbons (Fsp3) is 0.217. The third-order valence-electron chi connectivity index (χ3n) is 5.16. The maximum Gasteiger partial charge on any atom is 0.330 e. The minimum Gasteiger partial charge on any atom is -0.467 e. The lowest BCUT2D eigenvalue weighted by Crippen LogP contribution is -2.40. The Hall–Kier alpha value is -4.32. The van der Waals surface area contributed by atoms with Gasteiger partial charge in [-0.15, -0.1) is 11.3 Å². The van der Waals surface area contributed by atoms with Crippen LogP contribution in [0.2, 0.25) is 0 Å². The van der Waals surface area contributed by atoms with Crippen LogP contribution in [-0.4, -0.2) is 21.4 Å². The van der Waals surface area contributed by atoms with E-state index in [4.69, 9.17) is 14.6 Å². The Balaban J connectivity index is 1.70. The van der Waals surface area contributed by atoms with E-state index in [-0.39, 0.29) is 35.2 Å². The van der Waals surface area contributed by atoms with Crippen molar-refractivity contribution in [2.75, 3.05) is 16.0 Å². The summed E-state index contributed by atoms with van der Waals surface area (Å²) in [6.07, 6.45) is 4.29. The van der Waals surface area contributed by atoms with E-state index < -0.39 is 23.1 Å². The van der Waals surface area contributed by atoms with Crippen LogP contribution in [0.15, 0.2) is 67.3 Å². The van der Waals surface area contributed by atoms with Crippen molar-refractivity contribution in [2.24, 2.45) is 0 Å². The first-order valence-corrected chi connectivity index (χ1v) is 11.6. The number of hydrogen-bond donors (Lipinski definition) is 3. The Morgan fingerprint density at radius 2 is 1.91 bits per heavy atom. The van der Waals surface area contributed by atoms with Crippen molar-refractivity contribution in [1.29, 1.82) is 0 Å². The fourth-order valence-corrected chi connectivity index (χ4v) is 4.27. The molecule has 4 aromatic heterocycles. The standard InChI is InChI=1S/C23H23N5O6S/c1-2-3-10-27-19(24)18(21(30)26-23(27)32)28(13-14-6-4-11-33-14)22(31)16-8-9-17(35-16)25-20(29)15-7-5-12-34-15/h4-9,11-12H,2-3,10,13,24H2,1H3,(H,25,29)(H,26,30,32). The van der Waals surface area contributed by atoms with Crippen LogP contribution in [-0.2, 0) is 13.1 Å². The summed E-state index contributed by atoms with van der Waals surface area (Å²) in [7, 11) is 0. The molecule has 0 aliphatic carbocycles. The second-order valence-corrected chi connectivity index (χ2v) is 8.65. The molecule has 0 atom stereocenters. The molecule has 0 saturated carbocycles. The van der Waals surface area contributed by atoms with Gasteiger partial charge in [-0.2, -0.15) is 0 Å². The van der Waals surface area contributed by atoms with Gasteiger partial charge in [0, 0.05) is 6.54 Å². The molecule has 4 rings (SSSR count). The maximum atomic E-state index is 13.6. The fourth-order valence-electron chi connectivity index (χ4n) is 3.42. The van der Waals surface area contributed by atoms with Gasteiger partial charge < -0.3 is 19.9 Å². The Bertz CT molecular complexity index is 1430. The second kappa shape index (κ2) is 10.3. The lowest BCUT2D eigenvalue weighted by molar-refractivity contribution is 0.0982. The first-order valence-electron chi connectivity index (χ1n) is 10.8. The molecule has 4 N–H and O–H groups in total. The van der Waals surface area contributed by atoms with Crippen LogP contribution in [0.4, 0.5) is 16.5 Å². The number of anilines is 3. The number of H-pyrrole nitrogens is 1. The molecule has 0 aliphatic rings. The first kappa shape index (κ1) is 23.8. The third-order valence-corrected chi connectivity index (χ3v) is 6.15. The molecule has 12 heteroatoms. The van der Waals surface area contributed by atoms with E-state index >= 15 is 0 Å². The van der Waals surface area contributed by atoms with Gasteiger partial charge in [-0.3, -0.25) is 28.8 Å². The summed E-state index contributed by atoms with van der Waals surface area (Å²) in [6, 6.07) is 9.51. The van der Waals surface area contributed by atoms with E-state index in [0.29, 0.717) is 17.2 Å². The van der Waals surface area contributed by atoms with Crippen molar-refractivity contribution in [3.63, 3.8) is 0 Å². The third kappa shape index (κ3) is 5.11. The lowest BCUT2D eigenvalue weighted by Gasteiger charge is -2.23. The highest BCUT2D eigenvalue weighted by atomic mass is 32.1. The van der Waals surface area contributed by atoms with E-state index in [1.54, 1.807) is 24.3 Å². The van der Waals surface area contributed by atoms with Gasteiger partial charge >= 0.3 is 5.69 Å². The van der Waals surface area contributed by atoms with Crippen LogP contribution in [0.1, 0.15) is 45.8 Å². The summed E-state index contributed by atoms with van der Waals surface area (Å²) >= 11 is 1.02. The van der Waals surface area contributed by atoms with Crippen molar-refractivity contribution in [1.82, 2.24) is 9.55 Å². The van der Waals surface area contributed by atoms with E-state index in [0.717, 1.165) is 17.8 Å². The largest absolute Gasteiger partial charge is 0.467 e.